The lowest BCUT2D eigenvalue weighted by Gasteiger charge is -2.30. The van der Waals surface area contributed by atoms with E-state index in [-0.39, 0.29) is 47.5 Å². The molecule has 0 unspecified atom stereocenters. The van der Waals surface area contributed by atoms with Crippen LogP contribution >= 0.6 is 11.6 Å². The van der Waals surface area contributed by atoms with Crippen LogP contribution in [0, 0.1) is 11.3 Å². The number of hydrogen-bond donors (Lipinski definition) is 4. The number of nitrogens with zero attached hydrogens (tertiary/aromatic N) is 1. The Hall–Kier alpha value is -3.43. The van der Waals surface area contributed by atoms with Gasteiger partial charge in [-0.25, -0.2) is 10.3 Å². The van der Waals surface area contributed by atoms with Crippen molar-refractivity contribution >= 4 is 40.9 Å². The Balaban J connectivity index is 1.62. The number of benzene rings is 2. The van der Waals surface area contributed by atoms with E-state index < -0.39 is 17.4 Å². The van der Waals surface area contributed by atoms with Gasteiger partial charge >= 0.3 is 6.03 Å². The van der Waals surface area contributed by atoms with Crippen LogP contribution < -0.4 is 16.1 Å². The summed E-state index contributed by atoms with van der Waals surface area (Å²) in [5.41, 5.74) is 1.87. The second-order valence-corrected chi connectivity index (χ2v) is 10.9. The summed E-state index contributed by atoms with van der Waals surface area (Å²) in [5, 5.41) is 14.6. The molecule has 4 N–H and O–H groups in total. The van der Waals surface area contributed by atoms with Gasteiger partial charge in [-0.1, -0.05) is 74.7 Å². The largest absolute Gasteiger partial charge is 0.337 e. The summed E-state index contributed by atoms with van der Waals surface area (Å²) in [6.07, 6.45) is 4.32. The minimum Gasteiger partial charge on any atom is -0.337 e. The maximum absolute atomic E-state index is 13.1. The van der Waals surface area contributed by atoms with Crippen molar-refractivity contribution in [2.75, 3.05) is 25.0 Å². The molecule has 10 heteroatoms. The number of carbonyl (C=O) groups excluding carboxylic acids is 4. The van der Waals surface area contributed by atoms with Gasteiger partial charge in [-0.05, 0) is 36.3 Å². The molecule has 0 aromatic heterocycles. The van der Waals surface area contributed by atoms with Crippen molar-refractivity contribution < 1.29 is 24.4 Å². The first-order valence-electron chi connectivity index (χ1n) is 12.7. The molecular weight excluding hydrogens is 508 g/mol. The van der Waals surface area contributed by atoms with Crippen LogP contribution in [0.3, 0.4) is 0 Å². The molecule has 1 saturated carbocycles. The molecule has 9 nitrogen and oxygen atoms in total. The van der Waals surface area contributed by atoms with Gasteiger partial charge in [0.1, 0.15) is 6.54 Å². The molecule has 4 amide bonds. The second-order valence-electron chi connectivity index (χ2n) is 10.5. The molecule has 2 aromatic rings. The van der Waals surface area contributed by atoms with Gasteiger partial charge in [0.15, 0.2) is 5.78 Å². The molecule has 3 rings (SSSR count). The Morgan fingerprint density at radius 3 is 2.37 bits per heavy atom. The Bertz CT molecular complexity index is 1150. The standard InChI is InChI=1S/C28H35ClN4O5/c1-28(2,15-24(35)33(17-23(34)32-38)16-19-9-6-7-10-19)18-30-27(37)31-22-14-8-13-21(29)25(22)26(36)20-11-4-3-5-12-20/h3-5,8,11-14,19,38H,6-7,9-10,15-18H2,1-2H3,(H,32,34)(H2,30,31,37). The first kappa shape index (κ1) is 29.1. The van der Waals surface area contributed by atoms with Crippen LogP contribution in [0.15, 0.2) is 48.5 Å². The first-order valence-corrected chi connectivity index (χ1v) is 13.1. The zero-order chi connectivity index (χ0) is 27.7. The van der Waals surface area contributed by atoms with Crippen molar-refractivity contribution in [3.63, 3.8) is 0 Å². The lowest BCUT2D eigenvalue weighted by molar-refractivity contribution is -0.141. The first-order chi connectivity index (χ1) is 18.1. The molecular formula is C28H35ClN4O5. The zero-order valence-corrected chi connectivity index (χ0v) is 22.5. The molecule has 2 aromatic carbocycles. The highest BCUT2D eigenvalue weighted by Gasteiger charge is 2.29. The van der Waals surface area contributed by atoms with E-state index in [1.54, 1.807) is 54.0 Å². The summed E-state index contributed by atoms with van der Waals surface area (Å²) in [5.74, 6) is -0.845. The SMILES string of the molecule is CC(C)(CNC(=O)Nc1cccc(Cl)c1C(=O)c1ccccc1)CC(=O)N(CC(=O)NO)CC1CCCC1. The Morgan fingerprint density at radius 1 is 1.03 bits per heavy atom. The van der Waals surface area contributed by atoms with Crippen LogP contribution in [0.5, 0.6) is 0 Å². The van der Waals surface area contributed by atoms with E-state index in [0.29, 0.717) is 18.0 Å². The smallest absolute Gasteiger partial charge is 0.319 e. The van der Waals surface area contributed by atoms with Crippen LogP contribution in [-0.2, 0) is 9.59 Å². The molecule has 0 spiro atoms. The molecule has 204 valence electrons. The Labute approximate surface area is 227 Å². The lowest BCUT2D eigenvalue weighted by atomic mass is 9.88. The van der Waals surface area contributed by atoms with E-state index in [1.807, 2.05) is 13.8 Å². The fraction of sp³-hybridized carbons (Fsp3) is 0.429. The van der Waals surface area contributed by atoms with Crippen LogP contribution in [-0.4, -0.2) is 53.4 Å². The molecule has 1 fully saturated rings. The number of hydroxylamine groups is 1. The minimum atomic E-state index is -0.644. The molecule has 0 heterocycles. The van der Waals surface area contributed by atoms with Gasteiger partial charge in [-0.15, -0.1) is 0 Å². The minimum absolute atomic E-state index is 0.0909. The number of anilines is 1. The number of carbonyl (C=O) groups is 4. The topological polar surface area (TPSA) is 128 Å². The van der Waals surface area contributed by atoms with E-state index in [4.69, 9.17) is 16.8 Å². The van der Waals surface area contributed by atoms with E-state index in [0.717, 1.165) is 25.7 Å². The number of amides is 4. The maximum atomic E-state index is 13.1. The molecule has 1 aliphatic rings. The molecule has 1 aliphatic carbocycles. The highest BCUT2D eigenvalue weighted by atomic mass is 35.5. The second kappa shape index (κ2) is 13.4. The van der Waals surface area contributed by atoms with E-state index >= 15 is 0 Å². The Kier molecular flexibility index (Phi) is 10.3. The van der Waals surface area contributed by atoms with Gasteiger partial charge in [-0.3, -0.25) is 19.6 Å². The van der Waals surface area contributed by atoms with Crippen molar-refractivity contribution in [3.05, 3.63) is 64.7 Å². The predicted octanol–water partition coefficient (Wildman–Crippen LogP) is 4.63. The van der Waals surface area contributed by atoms with Crippen LogP contribution in [0.1, 0.15) is 61.9 Å². The highest BCUT2D eigenvalue weighted by molar-refractivity contribution is 6.36. The van der Waals surface area contributed by atoms with Crippen LogP contribution in [0.4, 0.5) is 10.5 Å². The van der Waals surface area contributed by atoms with Crippen LogP contribution in [0.2, 0.25) is 5.02 Å². The van der Waals surface area contributed by atoms with Crippen molar-refractivity contribution in [3.8, 4) is 0 Å². The van der Waals surface area contributed by atoms with E-state index in [1.165, 1.54) is 4.90 Å². The normalized spacial score (nSPS) is 13.6. The van der Waals surface area contributed by atoms with Crippen molar-refractivity contribution in [2.45, 2.75) is 46.0 Å². The predicted molar refractivity (Wildman–Crippen MR) is 145 cm³/mol. The summed E-state index contributed by atoms with van der Waals surface area (Å²) in [6, 6.07) is 12.9. The fourth-order valence-corrected chi connectivity index (χ4v) is 4.89. The third-order valence-corrected chi connectivity index (χ3v) is 6.96. The van der Waals surface area contributed by atoms with Crippen LogP contribution in [0.25, 0.3) is 0 Å². The fourth-order valence-electron chi connectivity index (χ4n) is 4.63. The summed E-state index contributed by atoms with van der Waals surface area (Å²) in [6.45, 7) is 4.09. The quantitative estimate of drug-likeness (QED) is 0.187. The number of rotatable bonds is 11. The van der Waals surface area contributed by atoms with Gasteiger partial charge in [0.25, 0.3) is 5.91 Å². The number of urea groups is 1. The molecule has 0 saturated heterocycles. The zero-order valence-electron chi connectivity index (χ0n) is 21.8. The van der Waals surface area contributed by atoms with E-state index in [9.17, 15) is 19.2 Å². The third-order valence-electron chi connectivity index (χ3n) is 6.65. The molecule has 0 aliphatic heterocycles. The summed E-state index contributed by atoms with van der Waals surface area (Å²) < 4.78 is 0. The maximum Gasteiger partial charge on any atom is 0.319 e. The molecule has 0 atom stereocenters. The van der Waals surface area contributed by atoms with Gasteiger partial charge < -0.3 is 15.5 Å². The van der Waals surface area contributed by atoms with Crippen molar-refractivity contribution in [1.29, 1.82) is 0 Å². The van der Waals surface area contributed by atoms with Crippen molar-refractivity contribution in [2.24, 2.45) is 11.3 Å². The highest BCUT2D eigenvalue weighted by Crippen LogP contribution is 2.29. The number of halogens is 1. The van der Waals surface area contributed by atoms with E-state index in [2.05, 4.69) is 10.6 Å². The number of hydrogen-bond acceptors (Lipinski definition) is 5. The molecule has 0 radical (unpaired) electrons. The molecule has 38 heavy (non-hydrogen) atoms. The van der Waals surface area contributed by atoms with Gasteiger partial charge in [0.2, 0.25) is 5.91 Å². The average molecular weight is 543 g/mol. The number of ketones is 1. The average Bonchev–Trinajstić information content (AvgIpc) is 3.40. The monoisotopic (exact) mass is 542 g/mol. The lowest BCUT2D eigenvalue weighted by Crippen LogP contribution is -2.45. The van der Waals surface area contributed by atoms with Gasteiger partial charge in [0.05, 0.1) is 16.3 Å². The summed E-state index contributed by atoms with van der Waals surface area (Å²) in [4.78, 5) is 52.2. The van der Waals surface area contributed by atoms with Crippen molar-refractivity contribution in [1.82, 2.24) is 15.7 Å². The summed E-state index contributed by atoms with van der Waals surface area (Å²) >= 11 is 6.32. The Morgan fingerprint density at radius 2 is 1.71 bits per heavy atom. The third kappa shape index (κ3) is 8.29. The molecule has 0 bridgehead atoms. The van der Waals surface area contributed by atoms with Gasteiger partial charge in [-0.2, -0.15) is 0 Å². The van der Waals surface area contributed by atoms with Gasteiger partial charge in [0, 0.05) is 25.1 Å². The number of nitrogens with one attached hydrogen (secondary N) is 3. The summed E-state index contributed by atoms with van der Waals surface area (Å²) in [7, 11) is 0.